The number of nitrogens with one attached hydrogen (secondary N) is 1. The number of thiophene rings is 1. The Morgan fingerprint density at radius 3 is 2.44 bits per heavy atom. The van der Waals surface area contributed by atoms with Crippen LogP contribution in [0.3, 0.4) is 0 Å². The van der Waals surface area contributed by atoms with E-state index in [1.165, 1.54) is 17.0 Å². The van der Waals surface area contributed by atoms with Crippen LogP contribution in [0.4, 0.5) is 9.18 Å². The molecule has 8 nitrogen and oxygen atoms in total. The lowest BCUT2D eigenvalue weighted by Crippen LogP contribution is -2.48. The van der Waals surface area contributed by atoms with Crippen LogP contribution in [0, 0.1) is 12.7 Å². The average Bonchev–Trinajstić information content (AvgIpc) is 3.22. The summed E-state index contributed by atoms with van der Waals surface area (Å²) >= 11 is 1.55. The van der Waals surface area contributed by atoms with Gasteiger partial charge in [-0.25, -0.2) is 9.18 Å². The molecule has 0 atom stereocenters. The van der Waals surface area contributed by atoms with Crippen molar-refractivity contribution >= 4 is 29.2 Å². The maximum Gasteiger partial charge on any atom is 0.325 e. The largest absolute Gasteiger partial charge is 0.465 e. The summed E-state index contributed by atoms with van der Waals surface area (Å²) in [4.78, 5) is 41.7. The van der Waals surface area contributed by atoms with Crippen molar-refractivity contribution in [1.29, 1.82) is 0 Å². The average molecular weight is 494 g/mol. The monoisotopic (exact) mass is 493 g/mol. The molecule has 3 amide bonds. The van der Waals surface area contributed by atoms with Crippen molar-refractivity contribution in [2.75, 3.05) is 40.0 Å². The summed E-state index contributed by atoms with van der Waals surface area (Å²) in [5.41, 5.74) is 1.85. The van der Waals surface area contributed by atoms with Gasteiger partial charge < -0.3 is 24.6 Å². The van der Waals surface area contributed by atoms with Gasteiger partial charge in [-0.3, -0.25) is 9.59 Å². The van der Waals surface area contributed by atoms with E-state index in [0.717, 1.165) is 16.0 Å². The third kappa shape index (κ3) is 9.11. The summed E-state index contributed by atoms with van der Waals surface area (Å²) in [7, 11) is 1.56. The van der Waals surface area contributed by atoms with E-state index in [2.05, 4.69) is 5.32 Å². The molecule has 0 saturated heterocycles. The molecule has 1 N–H and O–H groups in total. The van der Waals surface area contributed by atoms with Crippen molar-refractivity contribution in [2.24, 2.45) is 0 Å². The quantitative estimate of drug-likeness (QED) is 0.342. The standard InChI is InChI=1S/C24H32FN3O5S/c1-4-33-23(30)14-26-24(31)27(11-5-12-32-3)17-22(29)28(16-21-18(2)10-13-34-21)15-19-6-8-20(25)9-7-19/h6-10,13H,4-5,11-12,14-17H2,1-3H3,(H,26,31). The molecule has 2 aromatic rings. The molecule has 0 bridgehead atoms. The van der Waals surface area contributed by atoms with Crippen LogP contribution in [-0.4, -0.2) is 67.7 Å². The number of hydrogen-bond donors (Lipinski definition) is 1. The number of carbonyl (C=O) groups is 3. The highest BCUT2D eigenvalue weighted by Gasteiger charge is 2.23. The zero-order valence-electron chi connectivity index (χ0n) is 19.8. The predicted molar refractivity (Wildman–Crippen MR) is 128 cm³/mol. The summed E-state index contributed by atoms with van der Waals surface area (Å²) in [6.45, 7) is 4.75. The number of aryl methyl sites for hydroxylation is 1. The maximum absolute atomic E-state index is 13.4. The number of carbonyl (C=O) groups excluding carboxylic acids is 3. The smallest absolute Gasteiger partial charge is 0.325 e. The third-order valence-corrected chi connectivity index (χ3v) is 6.03. The SMILES string of the molecule is CCOC(=O)CNC(=O)N(CCCOC)CC(=O)N(Cc1ccc(F)cc1)Cc1sccc1C. The molecule has 2 rings (SSSR count). The Morgan fingerprint density at radius 1 is 1.09 bits per heavy atom. The zero-order chi connectivity index (χ0) is 24.9. The molecule has 0 aliphatic heterocycles. The summed E-state index contributed by atoms with van der Waals surface area (Å²) in [5.74, 6) is -1.16. The third-order valence-electron chi connectivity index (χ3n) is 5.02. The Balaban J connectivity index is 2.14. The van der Waals surface area contributed by atoms with Gasteiger partial charge in [-0.2, -0.15) is 0 Å². The van der Waals surface area contributed by atoms with Crippen LogP contribution in [0.2, 0.25) is 0 Å². The van der Waals surface area contributed by atoms with Crippen molar-refractivity contribution in [3.63, 3.8) is 0 Å². The van der Waals surface area contributed by atoms with Crippen molar-refractivity contribution in [3.8, 4) is 0 Å². The highest BCUT2D eigenvalue weighted by molar-refractivity contribution is 7.10. The second-order valence-electron chi connectivity index (χ2n) is 7.63. The van der Waals surface area contributed by atoms with Crippen molar-refractivity contribution in [1.82, 2.24) is 15.1 Å². The van der Waals surface area contributed by atoms with E-state index in [4.69, 9.17) is 9.47 Å². The number of hydrogen-bond acceptors (Lipinski definition) is 6. The van der Waals surface area contributed by atoms with Gasteiger partial charge in [0.05, 0.1) is 13.2 Å². The van der Waals surface area contributed by atoms with Gasteiger partial charge in [0, 0.05) is 31.7 Å². The molecule has 34 heavy (non-hydrogen) atoms. The van der Waals surface area contributed by atoms with Gasteiger partial charge >= 0.3 is 12.0 Å². The Hall–Kier alpha value is -2.98. The lowest BCUT2D eigenvalue weighted by atomic mass is 10.2. The first-order chi connectivity index (χ1) is 16.3. The Kier molecular flexibility index (Phi) is 11.5. The van der Waals surface area contributed by atoms with Crippen molar-refractivity contribution in [2.45, 2.75) is 33.4 Å². The van der Waals surface area contributed by atoms with E-state index >= 15 is 0 Å². The van der Waals surface area contributed by atoms with Crippen LogP contribution in [0.5, 0.6) is 0 Å². The fourth-order valence-corrected chi connectivity index (χ4v) is 4.09. The lowest BCUT2D eigenvalue weighted by molar-refractivity contribution is -0.141. The van der Waals surface area contributed by atoms with Crippen LogP contribution in [0.1, 0.15) is 29.3 Å². The first kappa shape index (κ1) is 27.3. The highest BCUT2D eigenvalue weighted by Crippen LogP contribution is 2.20. The predicted octanol–water partition coefficient (Wildman–Crippen LogP) is 3.34. The first-order valence-electron chi connectivity index (χ1n) is 11.1. The summed E-state index contributed by atoms with van der Waals surface area (Å²) in [6, 6.07) is 7.44. The molecule has 0 unspecified atom stereocenters. The molecule has 1 aromatic heterocycles. The number of urea groups is 1. The zero-order valence-corrected chi connectivity index (χ0v) is 20.7. The van der Waals surface area contributed by atoms with Gasteiger partial charge in [-0.1, -0.05) is 12.1 Å². The van der Waals surface area contributed by atoms with E-state index in [-0.39, 0.29) is 44.5 Å². The molecular weight excluding hydrogens is 461 g/mol. The van der Waals surface area contributed by atoms with Gasteiger partial charge in [0.1, 0.15) is 18.9 Å². The van der Waals surface area contributed by atoms with Gasteiger partial charge in [0.25, 0.3) is 0 Å². The van der Waals surface area contributed by atoms with E-state index in [0.29, 0.717) is 19.6 Å². The van der Waals surface area contributed by atoms with E-state index in [1.807, 2.05) is 18.4 Å². The van der Waals surface area contributed by atoms with Gasteiger partial charge in [0.2, 0.25) is 5.91 Å². The topological polar surface area (TPSA) is 88.2 Å². The molecule has 0 spiro atoms. The van der Waals surface area contributed by atoms with Crippen LogP contribution >= 0.6 is 11.3 Å². The van der Waals surface area contributed by atoms with Gasteiger partial charge in [0.15, 0.2) is 0 Å². The normalized spacial score (nSPS) is 10.6. The number of halogens is 1. The Labute approximate surface area is 203 Å². The Bertz CT molecular complexity index is 935. The fourth-order valence-electron chi connectivity index (χ4n) is 3.17. The number of benzene rings is 1. The van der Waals surface area contributed by atoms with Crippen LogP contribution in [-0.2, 0) is 32.2 Å². The number of ether oxygens (including phenoxy) is 2. The maximum atomic E-state index is 13.4. The second-order valence-corrected chi connectivity index (χ2v) is 8.64. The minimum atomic E-state index is -0.551. The Morgan fingerprint density at radius 2 is 1.82 bits per heavy atom. The minimum absolute atomic E-state index is 0.177. The van der Waals surface area contributed by atoms with Crippen LogP contribution < -0.4 is 5.32 Å². The number of esters is 1. The second kappa shape index (κ2) is 14.3. The fraction of sp³-hybridized carbons (Fsp3) is 0.458. The molecule has 1 aromatic carbocycles. The molecule has 1 heterocycles. The summed E-state index contributed by atoms with van der Waals surface area (Å²) in [5, 5.41) is 4.47. The molecular formula is C24H32FN3O5S. The van der Waals surface area contributed by atoms with Crippen molar-refractivity contribution in [3.05, 3.63) is 57.5 Å². The lowest BCUT2D eigenvalue weighted by Gasteiger charge is -2.28. The molecule has 0 aliphatic carbocycles. The van der Waals surface area contributed by atoms with Gasteiger partial charge in [-0.15, -0.1) is 11.3 Å². The number of methoxy groups -OCH3 is 1. The van der Waals surface area contributed by atoms with Crippen LogP contribution in [0.15, 0.2) is 35.7 Å². The first-order valence-corrected chi connectivity index (χ1v) is 11.9. The minimum Gasteiger partial charge on any atom is -0.465 e. The molecule has 0 radical (unpaired) electrons. The number of rotatable bonds is 13. The molecule has 0 fully saturated rings. The summed E-state index contributed by atoms with van der Waals surface area (Å²) < 4.78 is 23.3. The molecule has 186 valence electrons. The van der Waals surface area contributed by atoms with Gasteiger partial charge in [-0.05, 0) is 55.0 Å². The summed E-state index contributed by atoms with van der Waals surface area (Å²) in [6.07, 6.45) is 0.526. The van der Waals surface area contributed by atoms with E-state index < -0.39 is 12.0 Å². The molecule has 0 aliphatic rings. The number of amides is 3. The molecule has 0 saturated carbocycles. The van der Waals surface area contributed by atoms with E-state index in [1.54, 1.807) is 42.4 Å². The van der Waals surface area contributed by atoms with Crippen LogP contribution in [0.25, 0.3) is 0 Å². The van der Waals surface area contributed by atoms with Crippen molar-refractivity contribution < 1.29 is 28.2 Å². The highest BCUT2D eigenvalue weighted by atomic mass is 32.1. The van der Waals surface area contributed by atoms with E-state index in [9.17, 15) is 18.8 Å². The molecule has 10 heteroatoms. The number of nitrogens with zero attached hydrogens (tertiary/aromatic N) is 2.